The summed E-state index contributed by atoms with van der Waals surface area (Å²) in [6.07, 6.45) is 0. The van der Waals surface area contributed by atoms with Gasteiger partial charge in [-0.3, -0.25) is 4.79 Å². The first kappa shape index (κ1) is 9.65. The lowest BCUT2D eigenvalue weighted by molar-refractivity contribution is -0.129. The van der Waals surface area contributed by atoms with Crippen LogP contribution in [0, 0.1) is 0 Å². The topological polar surface area (TPSA) is 61.3 Å². The van der Waals surface area contributed by atoms with Crippen LogP contribution >= 0.6 is 0 Å². The zero-order valence-corrected chi connectivity index (χ0v) is 6.19. The number of hydrogen-bond acceptors (Lipinski definition) is 3. The Labute approximate surface area is 65.6 Å². The second-order valence-electron chi connectivity index (χ2n) is 1.89. The van der Waals surface area contributed by atoms with Gasteiger partial charge < -0.3 is 10.9 Å². The molecule has 0 saturated heterocycles. The maximum Gasteiger partial charge on any atom is 0.293 e. The number of carbonyl (C=O) groups is 1. The summed E-state index contributed by atoms with van der Waals surface area (Å²) in [6.45, 7) is 0.817. The molecular formula is C8H11NO2. The summed E-state index contributed by atoms with van der Waals surface area (Å²) >= 11 is 0. The van der Waals surface area contributed by atoms with E-state index in [0.29, 0.717) is 13.1 Å². The summed E-state index contributed by atoms with van der Waals surface area (Å²) in [6, 6.07) is 9.55. The summed E-state index contributed by atoms with van der Waals surface area (Å²) in [5.74, 6) is 0. The Morgan fingerprint density at radius 1 is 1.27 bits per heavy atom. The molecule has 1 aromatic rings. The van der Waals surface area contributed by atoms with Crippen LogP contribution in [-0.4, -0.2) is 6.47 Å². The Balaban J connectivity index is 0.000001000. The van der Waals surface area contributed by atoms with E-state index in [-0.39, 0.29) is 6.15 Å². The zero-order chi connectivity index (χ0) is 7.23. The van der Waals surface area contributed by atoms with E-state index in [1.807, 2.05) is 30.3 Å². The predicted molar refractivity (Wildman–Crippen MR) is 42.3 cm³/mol. The van der Waals surface area contributed by atoms with Gasteiger partial charge in [0.05, 0.1) is 0 Å². The number of ether oxygens (including phenoxy) is 1. The van der Waals surface area contributed by atoms with Gasteiger partial charge in [0, 0.05) is 0 Å². The standard InChI is InChI=1S/C8H8O2.H3N/c9-7-10-6-8-4-2-1-3-5-8;/h1-5,7H,6H2;1H3. The SMILES string of the molecule is N.O=COCc1ccccc1. The van der Waals surface area contributed by atoms with Crippen molar-refractivity contribution in [2.75, 3.05) is 0 Å². The minimum Gasteiger partial charge on any atom is -0.463 e. The molecule has 0 heterocycles. The maximum absolute atomic E-state index is 9.76. The molecule has 60 valence electrons. The third kappa shape index (κ3) is 3.37. The van der Waals surface area contributed by atoms with Crippen molar-refractivity contribution in [3.63, 3.8) is 0 Å². The highest BCUT2D eigenvalue weighted by molar-refractivity contribution is 5.37. The van der Waals surface area contributed by atoms with Crippen molar-refractivity contribution in [2.24, 2.45) is 0 Å². The summed E-state index contributed by atoms with van der Waals surface area (Å²) in [7, 11) is 0. The lowest BCUT2D eigenvalue weighted by atomic mass is 10.2. The molecule has 0 aromatic heterocycles. The Morgan fingerprint density at radius 3 is 2.45 bits per heavy atom. The zero-order valence-electron chi connectivity index (χ0n) is 6.19. The molecule has 3 N–H and O–H groups in total. The Hall–Kier alpha value is -1.35. The van der Waals surface area contributed by atoms with Gasteiger partial charge in [0.2, 0.25) is 0 Å². The molecule has 1 rings (SSSR count). The van der Waals surface area contributed by atoms with E-state index in [1.165, 1.54) is 0 Å². The molecule has 0 aliphatic heterocycles. The molecule has 0 fully saturated rings. The van der Waals surface area contributed by atoms with Gasteiger partial charge in [0.1, 0.15) is 6.61 Å². The van der Waals surface area contributed by atoms with E-state index < -0.39 is 0 Å². The number of benzene rings is 1. The fourth-order valence-electron chi connectivity index (χ4n) is 0.704. The second kappa shape index (κ2) is 5.44. The Kier molecular flexibility index (Phi) is 4.77. The van der Waals surface area contributed by atoms with Crippen LogP contribution in [0.2, 0.25) is 0 Å². The lowest BCUT2D eigenvalue weighted by Crippen LogP contribution is -1.88. The van der Waals surface area contributed by atoms with Crippen LogP contribution < -0.4 is 6.15 Å². The van der Waals surface area contributed by atoms with Crippen LogP contribution in [0.25, 0.3) is 0 Å². The molecule has 0 amide bonds. The molecule has 3 heteroatoms. The summed E-state index contributed by atoms with van der Waals surface area (Å²) in [5, 5.41) is 0. The van der Waals surface area contributed by atoms with E-state index in [0.717, 1.165) is 5.56 Å². The molecule has 1 aromatic carbocycles. The highest BCUT2D eigenvalue weighted by Crippen LogP contribution is 1.98. The van der Waals surface area contributed by atoms with Gasteiger partial charge in [-0.25, -0.2) is 0 Å². The van der Waals surface area contributed by atoms with E-state index in [9.17, 15) is 4.79 Å². The third-order valence-electron chi connectivity index (χ3n) is 1.16. The quantitative estimate of drug-likeness (QED) is 0.669. The van der Waals surface area contributed by atoms with Crippen molar-refractivity contribution in [3.05, 3.63) is 35.9 Å². The first-order valence-electron chi connectivity index (χ1n) is 3.02. The molecule has 0 spiro atoms. The Bertz CT molecular complexity index is 199. The minimum atomic E-state index is 0. The highest BCUT2D eigenvalue weighted by atomic mass is 16.5. The lowest BCUT2D eigenvalue weighted by Gasteiger charge is -1.95. The molecule has 0 bridgehead atoms. The molecule has 0 aliphatic carbocycles. The van der Waals surface area contributed by atoms with E-state index in [2.05, 4.69) is 4.74 Å². The van der Waals surface area contributed by atoms with Gasteiger partial charge in [-0.15, -0.1) is 0 Å². The van der Waals surface area contributed by atoms with Crippen LogP contribution in [-0.2, 0) is 16.1 Å². The van der Waals surface area contributed by atoms with Gasteiger partial charge in [-0.2, -0.15) is 0 Å². The van der Waals surface area contributed by atoms with Gasteiger partial charge >= 0.3 is 0 Å². The minimum absolute atomic E-state index is 0. The van der Waals surface area contributed by atoms with E-state index in [1.54, 1.807) is 0 Å². The smallest absolute Gasteiger partial charge is 0.293 e. The van der Waals surface area contributed by atoms with Crippen LogP contribution in [0.1, 0.15) is 5.56 Å². The van der Waals surface area contributed by atoms with Crippen molar-refractivity contribution < 1.29 is 9.53 Å². The van der Waals surface area contributed by atoms with E-state index in [4.69, 9.17) is 0 Å². The normalized spacial score (nSPS) is 8.00. The second-order valence-corrected chi connectivity index (χ2v) is 1.89. The molecule has 0 unspecified atom stereocenters. The summed E-state index contributed by atoms with van der Waals surface area (Å²) in [4.78, 5) is 9.76. The fourth-order valence-corrected chi connectivity index (χ4v) is 0.704. The summed E-state index contributed by atoms with van der Waals surface area (Å²) in [5.41, 5.74) is 1.01. The summed E-state index contributed by atoms with van der Waals surface area (Å²) < 4.78 is 4.54. The number of carbonyl (C=O) groups excluding carboxylic acids is 1. The monoisotopic (exact) mass is 153 g/mol. The largest absolute Gasteiger partial charge is 0.463 e. The van der Waals surface area contributed by atoms with Crippen molar-refractivity contribution in [2.45, 2.75) is 6.61 Å². The van der Waals surface area contributed by atoms with E-state index >= 15 is 0 Å². The average Bonchev–Trinajstić information content (AvgIpc) is 2.03. The molecular weight excluding hydrogens is 142 g/mol. The highest BCUT2D eigenvalue weighted by Gasteiger charge is 1.87. The van der Waals surface area contributed by atoms with Gasteiger partial charge in [-0.05, 0) is 5.56 Å². The molecule has 0 atom stereocenters. The van der Waals surface area contributed by atoms with Crippen LogP contribution in [0.4, 0.5) is 0 Å². The first-order valence-corrected chi connectivity index (χ1v) is 3.02. The van der Waals surface area contributed by atoms with Crippen LogP contribution in [0.5, 0.6) is 0 Å². The van der Waals surface area contributed by atoms with Crippen molar-refractivity contribution in [1.29, 1.82) is 0 Å². The van der Waals surface area contributed by atoms with Crippen LogP contribution in [0.15, 0.2) is 30.3 Å². The molecule has 11 heavy (non-hydrogen) atoms. The first-order chi connectivity index (χ1) is 4.93. The van der Waals surface area contributed by atoms with Gasteiger partial charge in [0.15, 0.2) is 0 Å². The molecule has 0 radical (unpaired) electrons. The Morgan fingerprint density at radius 2 is 1.91 bits per heavy atom. The number of hydrogen-bond donors (Lipinski definition) is 1. The van der Waals surface area contributed by atoms with Crippen molar-refractivity contribution in [3.8, 4) is 0 Å². The third-order valence-corrected chi connectivity index (χ3v) is 1.16. The number of rotatable bonds is 3. The maximum atomic E-state index is 9.76. The van der Waals surface area contributed by atoms with Crippen LogP contribution in [0.3, 0.4) is 0 Å². The van der Waals surface area contributed by atoms with Crippen molar-refractivity contribution in [1.82, 2.24) is 6.15 Å². The molecule has 3 nitrogen and oxygen atoms in total. The van der Waals surface area contributed by atoms with Crippen molar-refractivity contribution >= 4 is 6.47 Å². The van der Waals surface area contributed by atoms with Gasteiger partial charge in [0.25, 0.3) is 6.47 Å². The van der Waals surface area contributed by atoms with Gasteiger partial charge in [-0.1, -0.05) is 30.3 Å². The molecule has 0 aliphatic rings. The fraction of sp³-hybridized carbons (Fsp3) is 0.125. The molecule has 0 saturated carbocycles. The predicted octanol–water partition coefficient (Wildman–Crippen LogP) is 1.52. The average molecular weight is 153 g/mol.